The summed E-state index contributed by atoms with van der Waals surface area (Å²) < 4.78 is 0. The van der Waals surface area contributed by atoms with E-state index in [1.165, 1.54) is 0 Å². The van der Waals surface area contributed by atoms with Crippen LogP contribution in [0.3, 0.4) is 0 Å². The van der Waals surface area contributed by atoms with E-state index in [-0.39, 0.29) is 17.2 Å². The van der Waals surface area contributed by atoms with Gasteiger partial charge in [0.05, 0.1) is 6.10 Å². The van der Waals surface area contributed by atoms with Crippen LogP contribution in [0, 0.1) is 11.3 Å². The van der Waals surface area contributed by atoms with Crippen molar-refractivity contribution in [3.63, 3.8) is 0 Å². The van der Waals surface area contributed by atoms with Crippen LogP contribution in [0.4, 0.5) is 0 Å². The molecule has 0 bridgehead atoms. The molecule has 0 aromatic heterocycles. The second-order valence-corrected chi connectivity index (χ2v) is 5.29. The van der Waals surface area contributed by atoms with E-state index < -0.39 is 6.10 Å². The third-order valence-corrected chi connectivity index (χ3v) is 3.50. The zero-order chi connectivity index (χ0) is 11.5. The lowest BCUT2D eigenvalue weighted by atomic mass is 9.88. The Morgan fingerprint density at radius 1 is 1.40 bits per heavy atom. The van der Waals surface area contributed by atoms with E-state index in [2.05, 4.69) is 5.32 Å². The van der Waals surface area contributed by atoms with Gasteiger partial charge >= 0.3 is 0 Å². The molecule has 1 unspecified atom stereocenters. The Bertz CT molecular complexity index is 220. The molecule has 1 amide bonds. The Morgan fingerprint density at radius 2 is 1.93 bits per heavy atom. The van der Waals surface area contributed by atoms with E-state index in [9.17, 15) is 9.90 Å². The lowest BCUT2D eigenvalue weighted by molar-refractivity contribution is -0.130. The van der Waals surface area contributed by atoms with Crippen molar-refractivity contribution in [1.82, 2.24) is 5.32 Å². The van der Waals surface area contributed by atoms with Gasteiger partial charge in [-0.2, -0.15) is 0 Å². The third-order valence-electron chi connectivity index (χ3n) is 3.50. The summed E-state index contributed by atoms with van der Waals surface area (Å²) in [4.78, 5) is 11.9. The molecule has 15 heavy (non-hydrogen) atoms. The molecule has 1 aliphatic rings. The van der Waals surface area contributed by atoms with Gasteiger partial charge in [-0.1, -0.05) is 33.6 Å². The van der Waals surface area contributed by atoms with Crippen molar-refractivity contribution in [2.75, 3.05) is 6.54 Å². The number of carbonyl (C=O) groups is 1. The topological polar surface area (TPSA) is 49.3 Å². The van der Waals surface area contributed by atoms with Crippen molar-refractivity contribution in [3.8, 4) is 0 Å². The average Bonchev–Trinajstić information content (AvgIpc) is 2.62. The monoisotopic (exact) mass is 213 g/mol. The first-order valence-electron chi connectivity index (χ1n) is 5.92. The number of hydrogen-bond acceptors (Lipinski definition) is 2. The molecule has 0 radical (unpaired) electrons. The molecule has 0 heterocycles. The molecule has 1 fully saturated rings. The fourth-order valence-electron chi connectivity index (χ4n) is 2.03. The summed E-state index contributed by atoms with van der Waals surface area (Å²) >= 11 is 0. The van der Waals surface area contributed by atoms with Crippen molar-refractivity contribution in [2.45, 2.75) is 52.6 Å². The smallest absolute Gasteiger partial charge is 0.226 e. The van der Waals surface area contributed by atoms with E-state index in [1.54, 1.807) is 0 Å². The Balaban J connectivity index is 2.35. The van der Waals surface area contributed by atoms with E-state index in [1.807, 2.05) is 20.8 Å². The number of nitrogens with one attached hydrogen (secondary N) is 1. The minimum absolute atomic E-state index is 0.111. The van der Waals surface area contributed by atoms with Crippen molar-refractivity contribution >= 4 is 5.91 Å². The Kier molecular flexibility index (Phi) is 4.14. The lowest BCUT2D eigenvalue weighted by Gasteiger charge is -2.24. The maximum Gasteiger partial charge on any atom is 0.226 e. The molecule has 0 aliphatic heterocycles. The number of aliphatic hydroxyl groups excluding tert-OH is 1. The summed E-state index contributed by atoms with van der Waals surface area (Å²) in [5.41, 5.74) is -0.184. The molecule has 1 atom stereocenters. The molecule has 0 saturated heterocycles. The van der Waals surface area contributed by atoms with Gasteiger partial charge in [0, 0.05) is 12.0 Å². The van der Waals surface area contributed by atoms with Crippen molar-refractivity contribution in [3.05, 3.63) is 0 Å². The maximum absolute atomic E-state index is 11.9. The molecule has 88 valence electrons. The minimum Gasteiger partial charge on any atom is -0.391 e. The summed E-state index contributed by atoms with van der Waals surface area (Å²) in [7, 11) is 0. The second-order valence-electron chi connectivity index (χ2n) is 5.29. The Morgan fingerprint density at radius 3 is 2.40 bits per heavy atom. The normalized spacial score (nSPS) is 21.7. The van der Waals surface area contributed by atoms with Crippen LogP contribution in [0.1, 0.15) is 46.5 Å². The zero-order valence-electron chi connectivity index (χ0n) is 10.0. The maximum atomic E-state index is 11.9. The molecule has 0 aromatic rings. The van der Waals surface area contributed by atoms with Gasteiger partial charge in [-0.05, 0) is 18.8 Å². The van der Waals surface area contributed by atoms with Crippen LogP contribution in [0.15, 0.2) is 0 Å². The molecule has 1 aliphatic carbocycles. The van der Waals surface area contributed by atoms with Crippen molar-refractivity contribution in [1.29, 1.82) is 0 Å². The number of carbonyl (C=O) groups excluding carboxylic acids is 1. The molecule has 2 N–H and O–H groups in total. The van der Waals surface area contributed by atoms with Crippen LogP contribution in [-0.4, -0.2) is 23.7 Å². The summed E-state index contributed by atoms with van der Waals surface area (Å²) in [5.74, 6) is 0.307. The summed E-state index contributed by atoms with van der Waals surface area (Å²) in [6.07, 6.45) is 3.83. The number of rotatable bonds is 4. The SMILES string of the molecule is CC(C)C(O)CNC(=O)C1(C)CCCC1. The number of aliphatic hydroxyl groups is 1. The van der Waals surface area contributed by atoms with E-state index >= 15 is 0 Å². The molecule has 0 spiro atoms. The minimum atomic E-state index is -0.432. The first-order valence-corrected chi connectivity index (χ1v) is 5.92. The van der Waals surface area contributed by atoms with Gasteiger partial charge in [0.2, 0.25) is 5.91 Å². The highest BCUT2D eigenvalue weighted by Gasteiger charge is 2.36. The predicted molar refractivity (Wildman–Crippen MR) is 60.4 cm³/mol. The van der Waals surface area contributed by atoms with Gasteiger partial charge < -0.3 is 10.4 Å². The first kappa shape index (κ1) is 12.5. The molecule has 0 aromatic carbocycles. The van der Waals surface area contributed by atoms with E-state index in [4.69, 9.17) is 0 Å². The number of amides is 1. The zero-order valence-corrected chi connectivity index (χ0v) is 10.0. The molecule has 1 rings (SSSR count). The fourth-order valence-corrected chi connectivity index (χ4v) is 2.03. The second kappa shape index (κ2) is 4.97. The fraction of sp³-hybridized carbons (Fsp3) is 0.917. The van der Waals surface area contributed by atoms with Gasteiger partial charge in [-0.15, -0.1) is 0 Å². The summed E-state index contributed by atoms with van der Waals surface area (Å²) in [5, 5.41) is 12.4. The van der Waals surface area contributed by atoms with Gasteiger partial charge in [0.25, 0.3) is 0 Å². The van der Waals surface area contributed by atoms with Crippen molar-refractivity contribution < 1.29 is 9.90 Å². The Labute approximate surface area is 92.3 Å². The summed E-state index contributed by atoms with van der Waals surface area (Å²) in [6, 6.07) is 0. The highest BCUT2D eigenvalue weighted by molar-refractivity contribution is 5.82. The van der Waals surface area contributed by atoms with Crippen LogP contribution in [0.5, 0.6) is 0 Å². The van der Waals surface area contributed by atoms with Gasteiger partial charge in [0.15, 0.2) is 0 Å². The van der Waals surface area contributed by atoms with Gasteiger partial charge in [-0.3, -0.25) is 4.79 Å². The van der Waals surface area contributed by atoms with Crippen LogP contribution >= 0.6 is 0 Å². The average molecular weight is 213 g/mol. The third kappa shape index (κ3) is 3.20. The van der Waals surface area contributed by atoms with E-state index in [0.29, 0.717) is 6.54 Å². The molecule has 3 heteroatoms. The molecule has 3 nitrogen and oxygen atoms in total. The number of hydrogen-bond donors (Lipinski definition) is 2. The largest absolute Gasteiger partial charge is 0.391 e. The van der Waals surface area contributed by atoms with Crippen LogP contribution in [0.2, 0.25) is 0 Å². The van der Waals surface area contributed by atoms with Gasteiger partial charge in [-0.25, -0.2) is 0 Å². The molecular formula is C12H23NO2. The quantitative estimate of drug-likeness (QED) is 0.746. The molecular weight excluding hydrogens is 190 g/mol. The van der Waals surface area contributed by atoms with E-state index in [0.717, 1.165) is 25.7 Å². The highest BCUT2D eigenvalue weighted by Crippen LogP contribution is 2.37. The highest BCUT2D eigenvalue weighted by atomic mass is 16.3. The first-order chi connectivity index (χ1) is 6.96. The Hall–Kier alpha value is -0.570. The lowest BCUT2D eigenvalue weighted by Crippen LogP contribution is -2.42. The van der Waals surface area contributed by atoms with Gasteiger partial charge in [0.1, 0.15) is 0 Å². The summed E-state index contributed by atoms with van der Waals surface area (Å²) in [6.45, 7) is 6.31. The van der Waals surface area contributed by atoms with Crippen molar-refractivity contribution in [2.24, 2.45) is 11.3 Å². The van der Waals surface area contributed by atoms with Crippen LogP contribution < -0.4 is 5.32 Å². The van der Waals surface area contributed by atoms with Crippen LogP contribution in [-0.2, 0) is 4.79 Å². The standard InChI is InChI=1S/C12H23NO2/c1-9(2)10(14)8-13-11(15)12(3)6-4-5-7-12/h9-10,14H,4-8H2,1-3H3,(H,13,15). The molecule has 1 saturated carbocycles. The van der Waals surface area contributed by atoms with Crippen LogP contribution in [0.25, 0.3) is 0 Å². The predicted octanol–water partition coefficient (Wildman–Crippen LogP) is 1.70.